The number of ether oxygens (including phenoxy) is 1. The Morgan fingerprint density at radius 2 is 2.24 bits per heavy atom. The van der Waals surface area contributed by atoms with Crippen LogP contribution in [0.1, 0.15) is 17.1 Å². The molecular formula is C18H23N5OS. The number of anilines is 2. The van der Waals surface area contributed by atoms with Crippen LogP contribution >= 0.6 is 11.3 Å². The topological polar surface area (TPSA) is 61.8 Å². The van der Waals surface area contributed by atoms with Gasteiger partial charge in [0.15, 0.2) is 5.84 Å². The predicted molar refractivity (Wildman–Crippen MR) is 103 cm³/mol. The predicted octanol–water partition coefficient (Wildman–Crippen LogP) is 2.90. The number of rotatable bonds is 3. The zero-order valence-electron chi connectivity index (χ0n) is 14.6. The van der Waals surface area contributed by atoms with Crippen LogP contribution in [0, 0.1) is 6.92 Å². The molecule has 25 heavy (non-hydrogen) atoms. The molecule has 0 bridgehead atoms. The summed E-state index contributed by atoms with van der Waals surface area (Å²) in [5.41, 5.74) is 2.96. The average Bonchev–Trinajstić information content (AvgIpc) is 2.91. The van der Waals surface area contributed by atoms with E-state index in [2.05, 4.69) is 27.7 Å². The van der Waals surface area contributed by atoms with Crippen LogP contribution in [0.3, 0.4) is 0 Å². The minimum Gasteiger partial charge on any atom is -0.385 e. The van der Waals surface area contributed by atoms with E-state index < -0.39 is 0 Å². The van der Waals surface area contributed by atoms with Gasteiger partial charge < -0.3 is 20.3 Å². The molecule has 0 radical (unpaired) electrons. The average molecular weight is 357 g/mol. The lowest BCUT2D eigenvalue weighted by Crippen LogP contribution is -2.53. The lowest BCUT2D eigenvalue weighted by atomic mass is 10.1. The molecule has 4 rings (SSSR count). The number of thiazole rings is 1. The van der Waals surface area contributed by atoms with Crippen LogP contribution in [0.25, 0.3) is 0 Å². The van der Waals surface area contributed by atoms with Gasteiger partial charge in [-0.25, -0.2) is 9.98 Å². The number of fused-ring (bicyclic) bond motifs is 2. The van der Waals surface area contributed by atoms with Crippen molar-refractivity contribution in [2.75, 3.05) is 38.7 Å². The van der Waals surface area contributed by atoms with Crippen molar-refractivity contribution in [1.82, 2.24) is 15.2 Å². The first-order valence-electron chi connectivity index (χ1n) is 8.64. The van der Waals surface area contributed by atoms with Gasteiger partial charge in [0.1, 0.15) is 10.7 Å². The number of hydrogen-bond acceptors (Lipinski definition) is 7. The van der Waals surface area contributed by atoms with Crippen LogP contribution in [0.5, 0.6) is 0 Å². The van der Waals surface area contributed by atoms with Gasteiger partial charge in [0.25, 0.3) is 0 Å². The maximum Gasteiger partial charge on any atom is 0.158 e. The zero-order chi connectivity index (χ0) is 17.2. The maximum atomic E-state index is 5.24. The molecule has 1 aromatic carbocycles. The van der Waals surface area contributed by atoms with E-state index in [4.69, 9.17) is 14.7 Å². The Labute approximate surface area is 151 Å². The van der Waals surface area contributed by atoms with Gasteiger partial charge in [0.05, 0.1) is 16.4 Å². The smallest absolute Gasteiger partial charge is 0.158 e. The first-order chi connectivity index (χ1) is 12.2. The molecule has 0 aliphatic carbocycles. The summed E-state index contributed by atoms with van der Waals surface area (Å²) in [4.78, 5) is 12.1. The summed E-state index contributed by atoms with van der Waals surface area (Å²) in [6.45, 7) is 5.61. The highest BCUT2D eigenvalue weighted by molar-refractivity contribution is 7.16. The van der Waals surface area contributed by atoms with Gasteiger partial charge in [-0.15, -0.1) is 11.3 Å². The quantitative estimate of drug-likeness (QED) is 0.884. The van der Waals surface area contributed by atoms with Crippen molar-refractivity contribution in [3.63, 3.8) is 0 Å². The van der Waals surface area contributed by atoms with Crippen LogP contribution < -0.4 is 10.6 Å². The minimum absolute atomic E-state index is 0.408. The number of nitrogens with zero attached hydrogens (tertiary/aromatic N) is 3. The summed E-state index contributed by atoms with van der Waals surface area (Å²) in [5, 5.41) is 9.22. The van der Waals surface area contributed by atoms with Gasteiger partial charge in [0, 0.05) is 39.4 Å². The summed E-state index contributed by atoms with van der Waals surface area (Å²) in [7, 11) is 1.75. The largest absolute Gasteiger partial charge is 0.385 e. The van der Waals surface area contributed by atoms with Crippen molar-refractivity contribution < 1.29 is 4.74 Å². The fourth-order valence-electron chi connectivity index (χ4n) is 3.32. The van der Waals surface area contributed by atoms with Gasteiger partial charge in [-0.2, -0.15) is 0 Å². The van der Waals surface area contributed by atoms with E-state index in [1.807, 2.05) is 19.1 Å². The molecule has 7 heteroatoms. The first-order valence-corrected chi connectivity index (χ1v) is 9.46. The molecule has 2 aliphatic rings. The van der Waals surface area contributed by atoms with Crippen LogP contribution in [-0.4, -0.2) is 55.1 Å². The molecule has 1 fully saturated rings. The fourth-order valence-corrected chi connectivity index (χ4v) is 4.15. The normalized spacial score (nSPS) is 19.5. The van der Waals surface area contributed by atoms with E-state index in [0.717, 1.165) is 65.6 Å². The van der Waals surface area contributed by atoms with Crippen LogP contribution in [0.2, 0.25) is 0 Å². The van der Waals surface area contributed by atoms with Gasteiger partial charge in [0.2, 0.25) is 0 Å². The van der Waals surface area contributed by atoms with Crippen molar-refractivity contribution in [3.8, 4) is 0 Å². The highest BCUT2D eigenvalue weighted by atomic mass is 32.1. The number of hydrogen-bond donors (Lipinski definition) is 2. The molecule has 0 saturated carbocycles. The zero-order valence-corrected chi connectivity index (χ0v) is 15.4. The third kappa shape index (κ3) is 3.40. The molecule has 6 nitrogen and oxygen atoms in total. The number of nitrogens with one attached hydrogen (secondary N) is 2. The summed E-state index contributed by atoms with van der Waals surface area (Å²) < 4.78 is 5.24. The molecule has 1 atom stereocenters. The number of benzene rings is 1. The molecule has 1 aromatic heterocycles. The summed E-state index contributed by atoms with van der Waals surface area (Å²) in [6, 6.07) is 8.59. The third-order valence-corrected chi connectivity index (χ3v) is 5.44. The maximum absolute atomic E-state index is 5.24. The SMILES string of the molecule is COCC[C@H]1CN(C2=Nc3ccccc3Nc3sc(C)nc32)CCN1. The Bertz CT molecular complexity index is 788. The number of para-hydroxylation sites is 2. The molecule has 2 N–H and O–H groups in total. The highest BCUT2D eigenvalue weighted by Gasteiger charge is 2.28. The second-order valence-corrected chi connectivity index (χ2v) is 7.57. The van der Waals surface area contributed by atoms with E-state index in [-0.39, 0.29) is 0 Å². The Morgan fingerprint density at radius 3 is 3.12 bits per heavy atom. The second kappa shape index (κ2) is 7.11. The number of aryl methyl sites for hydroxylation is 1. The lowest BCUT2D eigenvalue weighted by Gasteiger charge is -2.35. The first kappa shape index (κ1) is 16.5. The Morgan fingerprint density at radius 1 is 1.36 bits per heavy atom. The molecule has 0 spiro atoms. The van der Waals surface area contributed by atoms with Crippen LogP contribution in [0.4, 0.5) is 16.4 Å². The molecule has 0 unspecified atom stereocenters. The van der Waals surface area contributed by atoms with Crippen molar-refractivity contribution in [3.05, 3.63) is 35.0 Å². The standard InChI is InChI=1S/C18H23N5OS/c1-12-20-16-17(23-9-8-19-13(11-23)7-10-24-2)21-14-5-3-4-6-15(14)22-18(16)25-12/h3-6,13,19,22H,7-11H2,1-2H3/t13-/m0/s1. The van der Waals surface area contributed by atoms with E-state index in [1.54, 1.807) is 18.4 Å². The van der Waals surface area contributed by atoms with E-state index >= 15 is 0 Å². The molecule has 2 aliphatic heterocycles. The molecule has 3 heterocycles. The van der Waals surface area contributed by atoms with Crippen LogP contribution in [0.15, 0.2) is 29.3 Å². The molecule has 132 valence electrons. The number of aliphatic imine (C=N–C) groups is 1. The lowest BCUT2D eigenvalue weighted by molar-refractivity contribution is 0.168. The fraction of sp³-hybridized carbons (Fsp3) is 0.444. The molecule has 1 saturated heterocycles. The summed E-state index contributed by atoms with van der Waals surface area (Å²) in [5.74, 6) is 0.973. The molecule has 2 aromatic rings. The number of amidine groups is 1. The van der Waals surface area contributed by atoms with Crippen molar-refractivity contribution in [2.45, 2.75) is 19.4 Å². The highest BCUT2D eigenvalue weighted by Crippen LogP contribution is 2.37. The number of aromatic nitrogens is 1. The van der Waals surface area contributed by atoms with E-state index in [9.17, 15) is 0 Å². The van der Waals surface area contributed by atoms with E-state index in [1.165, 1.54) is 0 Å². The second-order valence-electron chi connectivity index (χ2n) is 6.37. The van der Waals surface area contributed by atoms with Crippen LogP contribution in [-0.2, 0) is 4.74 Å². The monoisotopic (exact) mass is 357 g/mol. The number of piperazine rings is 1. The van der Waals surface area contributed by atoms with Crippen molar-refractivity contribution in [1.29, 1.82) is 0 Å². The van der Waals surface area contributed by atoms with Crippen molar-refractivity contribution >= 4 is 33.5 Å². The molecular weight excluding hydrogens is 334 g/mol. The molecule has 0 amide bonds. The van der Waals surface area contributed by atoms with Gasteiger partial charge in [-0.1, -0.05) is 12.1 Å². The summed E-state index contributed by atoms with van der Waals surface area (Å²) in [6.07, 6.45) is 0.998. The third-order valence-electron chi connectivity index (χ3n) is 4.55. The Balaban J connectivity index is 1.70. The summed E-state index contributed by atoms with van der Waals surface area (Å²) >= 11 is 1.68. The van der Waals surface area contributed by atoms with Crippen molar-refractivity contribution in [2.24, 2.45) is 4.99 Å². The van der Waals surface area contributed by atoms with Gasteiger partial charge in [-0.05, 0) is 25.5 Å². The number of methoxy groups -OCH3 is 1. The van der Waals surface area contributed by atoms with Gasteiger partial charge in [-0.3, -0.25) is 0 Å². The van der Waals surface area contributed by atoms with Gasteiger partial charge >= 0.3 is 0 Å². The minimum atomic E-state index is 0.408. The van der Waals surface area contributed by atoms with E-state index in [0.29, 0.717) is 6.04 Å². The Kier molecular flexibility index (Phi) is 4.70. The Hall–Kier alpha value is -1.96.